The maximum absolute atomic E-state index is 13.1. The van der Waals surface area contributed by atoms with Gasteiger partial charge in [-0.05, 0) is 72.2 Å². The second-order valence-corrected chi connectivity index (χ2v) is 8.21. The van der Waals surface area contributed by atoms with Crippen LogP contribution in [0.15, 0.2) is 48.5 Å². The highest BCUT2D eigenvalue weighted by Crippen LogP contribution is 2.16. The van der Waals surface area contributed by atoms with Crippen molar-refractivity contribution in [3.63, 3.8) is 0 Å². The van der Waals surface area contributed by atoms with E-state index in [0.29, 0.717) is 25.3 Å². The number of ether oxygens (including phenoxy) is 1. The van der Waals surface area contributed by atoms with Gasteiger partial charge in [0.25, 0.3) is 5.91 Å². The first kappa shape index (κ1) is 23.2. The molecular formula is C23H29IN2O3. The smallest absolute Gasteiger partial charge is 0.261 e. The molecule has 6 heteroatoms. The molecule has 1 N–H and O–H groups in total. The van der Waals surface area contributed by atoms with Crippen molar-refractivity contribution in [1.82, 2.24) is 10.2 Å². The van der Waals surface area contributed by atoms with E-state index in [0.717, 1.165) is 21.1 Å². The van der Waals surface area contributed by atoms with Crippen LogP contribution in [0, 0.1) is 10.5 Å². The average molecular weight is 508 g/mol. The van der Waals surface area contributed by atoms with E-state index in [1.807, 2.05) is 69.3 Å². The maximum Gasteiger partial charge on any atom is 0.261 e. The lowest BCUT2D eigenvalue weighted by Crippen LogP contribution is -2.50. The van der Waals surface area contributed by atoms with Gasteiger partial charge in [-0.1, -0.05) is 43.7 Å². The van der Waals surface area contributed by atoms with Crippen molar-refractivity contribution in [2.45, 2.75) is 46.2 Å². The van der Waals surface area contributed by atoms with Crippen LogP contribution in [0.4, 0.5) is 0 Å². The summed E-state index contributed by atoms with van der Waals surface area (Å²) in [5.41, 5.74) is 2.14. The summed E-state index contributed by atoms with van der Waals surface area (Å²) in [5.74, 6) is 0.309. The Balaban J connectivity index is 2.16. The zero-order valence-corrected chi connectivity index (χ0v) is 19.4. The number of nitrogens with zero attached hydrogens (tertiary/aromatic N) is 1. The molecule has 0 heterocycles. The number of benzene rings is 2. The van der Waals surface area contributed by atoms with Crippen LogP contribution in [0.25, 0.3) is 0 Å². The largest absolute Gasteiger partial charge is 0.484 e. The minimum Gasteiger partial charge on any atom is -0.484 e. The highest BCUT2D eigenvalue weighted by molar-refractivity contribution is 14.1. The Kier molecular flexibility index (Phi) is 9.44. The van der Waals surface area contributed by atoms with Gasteiger partial charge in [-0.15, -0.1) is 0 Å². The Morgan fingerprint density at radius 1 is 1.07 bits per heavy atom. The fourth-order valence-corrected chi connectivity index (χ4v) is 3.29. The molecule has 0 bridgehead atoms. The standard InChI is InChI=1S/C23H29IN2O3/c1-4-14-25-23(28)21(5-2)26(15-18-8-6-17(3)7-9-18)22(27)16-29-20-12-10-19(24)11-13-20/h6-13,21H,4-5,14-16H2,1-3H3,(H,25,28). The van der Waals surface area contributed by atoms with E-state index in [-0.39, 0.29) is 18.4 Å². The van der Waals surface area contributed by atoms with Crippen LogP contribution in [0.3, 0.4) is 0 Å². The Morgan fingerprint density at radius 3 is 2.31 bits per heavy atom. The molecule has 0 spiro atoms. The Hall–Kier alpha value is -2.09. The van der Waals surface area contributed by atoms with E-state index in [4.69, 9.17) is 4.74 Å². The van der Waals surface area contributed by atoms with Crippen molar-refractivity contribution < 1.29 is 14.3 Å². The molecule has 29 heavy (non-hydrogen) atoms. The molecular weight excluding hydrogens is 479 g/mol. The predicted molar refractivity (Wildman–Crippen MR) is 124 cm³/mol. The quantitative estimate of drug-likeness (QED) is 0.487. The second-order valence-electron chi connectivity index (χ2n) is 6.96. The summed E-state index contributed by atoms with van der Waals surface area (Å²) < 4.78 is 6.79. The number of amides is 2. The van der Waals surface area contributed by atoms with Gasteiger partial charge < -0.3 is 15.0 Å². The number of halogens is 1. The highest BCUT2D eigenvalue weighted by atomic mass is 127. The van der Waals surface area contributed by atoms with Crippen LogP contribution in [0.2, 0.25) is 0 Å². The van der Waals surface area contributed by atoms with Gasteiger partial charge in [-0.25, -0.2) is 0 Å². The second kappa shape index (κ2) is 11.8. The zero-order valence-electron chi connectivity index (χ0n) is 17.3. The topological polar surface area (TPSA) is 58.6 Å². The van der Waals surface area contributed by atoms with E-state index in [2.05, 4.69) is 27.9 Å². The first-order chi connectivity index (χ1) is 13.9. The number of aryl methyl sites for hydroxylation is 1. The van der Waals surface area contributed by atoms with E-state index in [9.17, 15) is 9.59 Å². The van der Waals surface area contributed by atoms with Gasteiger partial charge in [0, 0.05) is 16.7 Å². The summed E-state index contributed by atoms with van der Waals surface area (Å²) in [7, 11) is 0. The van der Waals surface area contributed by atoms with Crippen LogP contribution in [0.5, 0.6) is 5.75 Å². The van der Waals surface area contributed by atoms with Crippen molar-refractivity contribution in [1.29, 1.82) is 0 Å². The summed E-state index contributed by atoms with van der Waals surface area (Å²) in [6.07, 6.45) is 1.39. The number of rotatable bonds is 10. The molecule has 2 rings (SSSR count). The molecule has 0 aliphatic carbocycles. The molecule has 0 saturated heterocycles. The molecule has 1 unspecified atom stereocenters. The molecule has 0 saturated carbocycles. The van der Waals surface area contributed by atoms with Gasteiger partial charge in [-0.2, -0.15) is 0 Å². The predicted octanol–water partition coefficient (Wildman–Crippen LogP) is 4.31. The third-order valence-corrected chi connectivity index (χ3v) is 5.30. The van der Waals surface area contributed by atoms with Gasteiger partial charge in [-0.3, -0.25) is 9.59 Å². The van der Waals surface area contributed by atoms with E-state index in [1.54, 1.807) is 4.90 Å². The van der Waals surface area contributed by atoms with Gasteiger partial charge in [0.2, 0.25) is 5.91 Å². The van der Waals surface area contributed by atoms with Crippen molar-refractivity contribution in [2.75, 3.05) is 13.2 Å². The van der Waals surface area contributed by atoms with E-state index in [1.165, 1.54) is 0 Å². The molecule has 0 aliphatic heterocycles. The molecule has 2 aromatic rings. The lowest BCUT2D eigenvalue weighted by atomic mass is 10.1. The minimum absolute atomic E-state index is 0.107. The van der Waals surface area contributed by atoms with Crippen LogP contribution >= 0.6 is 22.6 Å². The molecule has 2 aromatic carbocycles. The fraction of sp³-hybridized carbons (Fsp3) is 0.391. The van der Waals surface area contributed by atoms with Gasteiger partial charge in [0.15, 0.2) is 6.61 Å². The molecule has 0 aromatic heterocycles. The first-order valence-electron chi connectivity index (χ1n) is 9.95. The van der Waals surface area contributed by atoms with Crippen LogP contribution < -0.4 is 10.1 Å². The molecule has 156 valence electrons. The van der Waals surface area contributed by atoms with Gasteiger partial charge in [0.05, 0.1) is 0 Å². The van der Waals surface area contributed by atoms with E-state index < -0.39 is 6.04 Å². The SMILES string of the molecule is CCCNC(=O)C(CC)N(Cc1ccc(C)cc1)C(=O)COc1ccc(I)cc1. The molecule has 0 radical (unpaired) electrons. The molecule has 1 atom stereocenters. The summed E-state index contributed by atoms with van der Waals surface area (Å²) in [5, 5.41) is 2.92. The van der Waals surface area contributed by atoms with Crippen LogP contribution in [-0.4, -0.2) is 35.9 Å². The Labute approximate surface area is 187 Å². The molecule has 2 amide bonds. The van der Waals surface area contributed by atoms with Crippen molar-refractivity contribution >= 4 is 34.4 Å². The third-order valence-electron chi connectivity index (χ3n) is 4.58. The normalized spacial score (nSPS) is 11.6. The number of hydrogen-bond acceptors (Lipinski definition) is 3. The van der Waals surface area contributed by atoms with Crippen molar-refractivity contribution in [3.05, 3.63) is 63.2 Å². The third kappa shape index (κ3) is 7.34. The number of carbonyl (C=O) groups is 2. The number of nitrogens with one attached hydrogen (secondary N) is 1. The van der Waals surface area contributed by atoms with Crippen molar-refractivity contribution in [2.24, 2.45) is 0 Å². The highest BCUT2D eigenvalue weighted by Gasteiger charge is 2.28. The van der Waals surface area contributed by atoms with Crippen LogP contribution in [0.1, 0.15) is 37.8 Å². The molecule has 0 aliphatic rings. The summed E-state index contributed by atoms with van der Waals surface area (Å²) in [6, 6.07) is 15.0. The van der Waals surface area contributed by atoms with Crippen LogP contribution in [-0.2, 0) is 16.1 Å². The van der Waals surface area contributed by atoms with Gasteiger partial charge >= 0.3 is 0 Å². The Bertz CT molecular complexity index is 791. The minimum atomic E-state index is -0.532. The fourth-order valence-electron chi connectivity index (χ4n) is 2.93. The Morgan fingerprint density at radius 2 is 1.72 bits per heavy atom. The lowest BCUT2D eigenvalue weighted by Gasteiger charge is -2.30. The average Bonchev–Trinajstić information content (AvgIpc) is 2.72. The summed E-state index contributed by atoms with van der Waals surface area (Å²) in [6.45, 7) is 6.81. The van der Waals surface area contributed by atoms with Crippen molar-refractivity contribution in [3.8, 4) is 5.75 Å². The zero-order chi connectivity index (χ0) is 21.2. The number of carbonyl (C=O) groups excluding carboxylic acids is 2. The first-order valence-corrected chi connectivity index (χ1v) is 11.0. The molecule has 0 fully saturated rings. The summed E-state index contributed by atoms with van der Waals surface area (Å²) >= 11 is 2.22. The van der Waals surface area contributed by atoms with Gasteiger partial charge in [0.1, 0.15) is 11.8 Å². The number of hydrogen-bond donors (Lipinski definition) is 1. The van der Waals surface area contributed by atoms with E-state index >= 15 is 0 Å². The summed E-state index contributed by atoms with van der Waals surface area (Å²) in [4.78, 5) is 27.4. The molecule has 5 nitrogen and oxygen atoms in total. The maximum atomic E-state index is 13.1. The lowest BCUT2D eigenvalue weighted by molar-refractivity contribution is -0.143. The monoisotopic (exact) mass is 508 g/mol.